The van der Waals surface area contributed by atoms with Crippen molar-refractivity contribution in [1.29, 1.82) is 0 Å². The second kappa shape index (κ2) is 9.47. The van der Waals surface area contributed by atoms with Gasteiger partial charge in [-0.25, -0.2) is 0 Å². The van der Waals surface area contributed by atoms with E-state index in [0.29, 0.717) is 6.42 Å². The van der Waals surface area contributed by atoms with Crippen LogP contribution in [-0.4, -0.2) is 12.1 Å². The van der Waals surface area contributed by atoms with Crippen molar-refractivity contribution in [3.8, 4) is 0 Å². The van der Waals surface area contributed by atoms with E-state index in [1.165, 1.54) is 0 Å². The van der Waals surface area contributed by atoms with Gasteiger partial charge in [-0.05, 0) is 13.3 Å². The van der Waals surface area contributed by atoms with Gasteiger partial charge in [-0.15, -0.1) is 0 Å². The highest BCUT2D eigenvalue weighted by atomic mass is 16.5. The minimum atomic E-state index is -0.107. The Morgan fingerprint density at radius 3 is 2.09 bits per heavy atom. The number of esters is 1. The van der Waals surface area contributed by atoms with Gasteiger partial charge in [-0.2, -0.15) is 0 Å². The summed E-state index contributed by atoms with van der Waals surface area (Å²) in [5.41, 5.74) is 0. The molecule has 2 nitrogen and oxygen atoms in total. The molecule has 0 bridgehead atoms. The van der Waals surface area contributed by atoms with E-state index in [2.05, 4.69) is 0 Å². The smallest absolute Gasteiger partial charge is 0.305 e. The average Bonchev–Trinajstić information content (AvgIpc) is 2.07. The van der Waals surface area contributed by atoms with Crippen LogP contribution in [0.15, 0.2) is 0 Å². The van der Waals surface area contributed by atoms with Crippen LogP contribution in [0, 0.1) is 0 Å². The number of carbonyl (C=O) groups excluding carboxylic acids is 1. The Morgan fingerprint density at radius 1 is 1.36 bits per heavy atom. The second-order valence-electron chi connectivity index (χ2n) is 2.06. The van der Waals surface area contributed by atoms with Crippen LogP contribution in [0.5, 0.6) is 0 Å². The van der Waals surface area contributed by atoms with Crippen LogP contribution in [0.2, 0.25) is 0 Å². The van der Waals surface area contributed by atoms with Gasteiger partial charge in [-0.1, -0.05) is 27.7 Å². The SMILES string of the molecule is CC.CCC(=O)OC(C)CC. The zero-order chi connectivity index (χ0) is 9.28. The average molecular weight is 160 g/mol. The minimum Gasteiger partial charge on any atom is -0.463 e. The molecule has 0 saturated carbocycles. The normalized spacial score (nSPS) is 11.0. The summed E-state index contributed by atoms with van der Waals surface area (Å²) >= 11 is 0. The third-order valence-corrected chi connectivity index (χ3v) is 1.20. The molecule has 0 heterocycles. The lowest BCUT2D eigenvalue weighted by Crippen LogP contribution is -2.12. The summed E-state index contributed by atoms with van der Waals surface area (Å²) in [5.74, 6) is -0.107. The van der Waals surface area contributed by atoms with Gasteiger partial charge < -0.3 is 4.74 Å². The molecular formula is C9H20O2. The molecule has 0 aliphatic carbocycles. The van der Waals surface area contributed by atoms with E-state index in [9.17, 15) is 4.79 Å². The van der Waals surface area contributed by atoms with Gasteiger partial charge in [0.15, 0.2) is 0 Å². The minimum absolute atomic E-state index is 0.0810. The lowest BCUT2D eigenvalue weighted by molar-refractivity contribution is -0.147. The monoisotopic (exact) mass is 160 g/mol. The zero-order valence-corrected chi connectivity index (χ0v) is 8.31. The number of hydrogen-bond donors (Lipinski definition) is 0. The summed E-state index contributed by atoms with van der Waals surface area (Å²) in [6, 6.07) is 0. The molecule has 0 rings (SSSR count). The summed E-state index contributed by atoms with van der Waals surface area (Å²) in [4.78, 5) is 10.6. The quantitative estimate of drug-likeness (QED) is 0.593. The molecule has 0 aliphatic rings. The van der Waals surface area contributed by atoms with E-state index >= 15 is 0 Å². The maximum absolute atomic E-state index is 10.6. The molecule has 0 amide bonds. The van der Waals surface area contributed by atoms with Crippen LogP contribution in [0.3, 0.4) is 0 Å². The van der Waals surface area contributed by atoms with Gasteiger partial charge >= 0.3 is 5.97 Å². The third-order valence-electron chi connectivity index (χ3n) is 1.20. The molecular weight excluding hydrogens is 140 g/mol. The fraction of sp³-hybridized carbons (Fsp3) is 0.889. The van der Waals surface area contributed by atoms with Crippen molar-refractivity contribution in [2.24, 2.45) is 0 Å². The summed E-state index contributed by atoms with van der Waals surface area (Å²) in [5, 5.41) is 0. The van der Waals surface area contributed by atoms with Gasteiger partial charge in [-0.3, -0.25) is 4.79 Å². The van der Waals surface area contributed by atoms with Gasteiger partial charge in [0, 0.05) is 6.42 Å². The Kier molecular flexibility index (Phi) is 11.3. The molecule has 11 heavy (non-hydrogen) atoms. The molecule has 2 heteroatoms. The number of ether oxygens (including phenoxy) is 1. The number of rotatable bonds is 3. The van der Waals surface area contributed by atoms with Crippen LogP contribution >= 0.6 is 0 Å². The van der Waals surface area contributed by atoms with Crippen molar-refractivity contribution in [3.63, 3.8) is 0 Å². The van der Waals surface area contributed by atoms with Gasteiger partial charge in [0.05, 0.1) is 6.10 Å². The maximum atomic E-state index is 10.6. The molecule has 0 aliphatic heterocycles. The summed E-state index contributed by atoms with van der Waals surface area (Å²) in [6.07, 6.45) is 1.45. The van der Waals surface area contributed by atoms with Crippen molar-refractivity contribution in [2.75, 3.05) is 0 Å². The maximum Gasteiger partial charge on any atom is 0.305 e. The lowest BCUT2D eigenvalue weighted by Gasteiger charge is -2.08. The molecule has 1 unspecified atom stereocenters. The van der Waals surface area contributed by atoms with E-state index in [1.54, 1.807) is 6.92 Å². The molecule has 0 N–H and O–H groups in total. The van der Waals surface area contributed by atoms with Crippen LogP contribution in [-0.2, 0) is 9.53 Å². The Morgan fingerprint density at radius 2 is 1.82 bits per heavy atom. The van der Waals surface area contributed by atoms with Crippen molar-refractivity contribution in [2.45, 2.75) is 53.6 Å². The summed E-state index contributed by atoms with van der Waals surface area (Å²) < 4.78 is 4.91. The molecule has 1 atom stereocenters. The number of hydrogen-bond acceptors (Lipinski definition) is 2. The standard InChI is InChI=1S/C7H14O2.C2H6/c1-4-6(3)9-7(8)5-2;1-2/h6H,4-5H2,1-3H3;1-2H3. The van der Waals surface area contributed by atoms with Crippen LogP contribution in [0.4, 0.5) is 0 Å². The first-order chi connectivity index (χ1) is 5.20. The topological polar surface area (TPSA) is 26.3 Å². The van der Waals surface area contributed by atoms with E-state index in [0.717, 1.165) is 6.42 Å². The van der Waals surface area contributed by atoms with E-state index in [-0.39, 0.29) is 12.1 Å². The molecule has 0 aromatic heterocycles. The second-order valence-corrected chi connectivity index (χ2v) is 2.06. The Balaban J connectivity index is 0. The highest BCUT2D eigenvalue weighted by Crippen LogP contribution is 1.97. The molecule has 0 spiro atoms. The molecule has 0 radical (unpaired) electrons. The first-order valence-corrected chi connectivity index (χ1v) is 4.40. The molecule has 0 saturated heterocycles. The van der Waals surface area contributed by atoms with Gasteiger partial charge in [0.25, 0.3) is 0 Å². The fourth-order valence-corrected chi connectivity index (χ4v) is 0.391. The summed E-state index contributed by atoms with van der Waals surface area (Å²) in [7, 11) is 0. The van der Waals surface area contributed by atoms with Crippen LogP contribution in [0.1, 0.15) is 47.5 Å². The third kappa shape index (κ3) is 9.47. The van der Waals surface area contributed by atoms with E-state index < -0.39 is 0 Å². The zero-order valence-electron chi connectivity index (χ0n) is 8.31. The van der Waals surface area contributed by atoms with Gasteiger partial charge in [0.1, 0.15) is 0 Å². The molecule has 0 aromatic carbocycles. The predicted molar refractivity (Wildman–Crippen MR) is 47.5 cm³/mol. The first-order valence-electron chi connectivity index (χ1n) is 4.40. The first kappa shape index (κ1) is 13.1. The van der Waals surface area contributed by atoms with E-state index in [4.69, 9.17) is 4.74 Å². The Labute approximate surface area is 69.9 Å². The fourth-order valence-electron chi connectivity index (χ4n) is 0.391. The van der Waals surface area contributed by atoms with Crippen molar-refractivity contribution in [1.82, 2.24) is 0 Å². The van der Waals surface area contributed by atoms with Gasteiger partial charge in [0.2, 0.25) is 0 Å². The summed E-state index contributed by atoms with van der Waals surface area (Å²) in [6.45, 7) is 9.69. The highest BCUT2D eigenvalue weighted by molar-refractivity contribution is 5.69. The van der Waals surface area contributed by atoms with Crippen LogP contribution < -0.4 is 0 Å². The van der Waals surface area contributed by atoms with Crippen molar-refractivity contribution in [3.05, 3.63) is 0 Å². The lowest BCUT2D eigenvalue weighted by atomic mass is 10.3. The highest BCUT2D eigenvalue weighted by Gasteiger charge is 2.02. The predicted octanol–water partition coefficient (Wildman–Crippen LogP) is 2.76. The largest absolute Gasteiger partial charge is 0.463 e. The Bertz CT molecular complexity index is 89.6. The van der Waals surface area contributed by atoms with Crippen molar-refractivity contribution < 1.29 is 9.53 Å². The molecule has 68 valence electrons. The molecule has 0 fully saturated rings. The Hall–Kier alpha value is -0.530. The number of carbonyl (C=O) groups is 1. The molecule has 0 aromatic rings. The van der Waals surface area contributed by atoms with E-state index in [1.807, 2.05) is 27.7 Å². The van der Waals surface area contributed by atoms with Crippen molar-refractivity contribution >= 4 is 5.97 Å². The van der Waals surface area contributed by atoms with Crippen LogP contribution in [0.25, 0.3) is 0 Å².